The Morgan fingerprint density at radius 2 is 2.03 bits per heavy atom. The van der Waals surface area contributed by atoms with Crippen molar-refractivity contribution in [3.8, 4) is 0 Å². The average Bonchev–Trinajstić information content (AvgIpc) is 3.45. The molecule has 3 amide bonds. The molecule has 8 nitrogen and oxygen atoms in total. The van der Waals surface area contributed by atoms with E-state index in [4.69, 9.17) is 5.73 Å². The number of carbonyl (C=O) groups is 3. The number of benzene rings is 1. The van der Waals surface area contributed by atoms with Gasteiger partial charge in [0.25, 0.3) is 5.91 Å². The minimum atomic E-state index is -0.412. The minimum Gasteiger partial charge on any atom is -0.370 e. The lowest BCUT2D eigenvalue weighted by molar-refractivity contribution is -0.123. The molecule has 1 saturated carbocycles. The maximum absolute atomic E-state index is 13.0. The molecule has 32 heavy (non-hydrogen) atoms. The molecule has 3 aromatic rings. The van der Waals surface area contributed by atoms with Crippen LogP contribution in [0.2, 0.25) is 0 Å². The molecule has 1 fully saturated rings. The Morgan fingerprint density at radius 1 is 1.25 bits per heavy atom. The normalized spacial score (nSPS) is 14.4. The average molecular weight is 454 g/mol. The molecule has 4 rings (SSSR count). The lowest BCUT2D eigenvalue weighted by atomic mass is 9.88. The van der Waals surface area contributed by atoms with Gasteiger partial charge in [-0.3, -0.25) is 14.4 Å². The number of nitrogens with one attached hydrogen (secondary N) is 2. The summed E-state index contributed by atoms with van der Waals surface area (Å²) in [5.74, 6) is -0.0139. The molecule has 2 aromatic heterocycles. The molecule has 1 aromatic carbocycles. The first-order valence-electron chi connectivity index (χ1n) is 10.8. The SMILES string of the molecule is CN(C(=O)C1CCCCC1)c1ccc2c(CCC(N)=O)c(NC(=O)c3cscn3)[nH]c2c1. The minimum absolute atomic E-state index is 0.0761. The Hall–Kier alpha value is -3.20. The number of anilines is 2. The van der Waals surface area contributed by atoms with Gasteiger partial charge in [-0.05, 0) is 31.4 Å². The van der Waals surface area contributed by atoms with Crippen LogP contribution in [-0.2, 0) is 16.0 Å². The summed E-state index contributed by atoms with van der Waals surface area (Å²) in [7, 11) is 1.81. The number of aromatic amines is 1. The number of fused-ring (bicyclic) bond motifs is 1. The largest absolute Gasteiger partial charge is 0.370 e. The van der Waals surface area contributed by atoms with Crippen molar-refractivity contribution < 1.29 is 14.4 Å². The van der Waals surface area contributed by atoms with E-state index < -0.39 is 5.91 Å². The maximum Gasteiger partial charge on any atom is 0.276 e. The fourth-order valence-electron chi connectivity index (χ4n) is 4.32. The summed E-state index contributed by atoms with van der Waals surface area (Å²) >= 11 is 1.34. The highest BCUT2D eigenvalue weighted by Gasteiger charge is 2.25. The Kier molecular flexibility index (Phi) is 6.55. The zero-order valence-electron chi connectivity index (χ0n) is 18.0. The van der Waals surface area contributed by atoms with Crippen molar-refractivity contribution in [2.75, 3.05) is 17.3 Å². The zero-order valence-corrected chi connectivity index (χ0v) is 18.8. The molecule has 168 valence electrons. The molecule has 0 atom stereocenters. The summed E-state index contributed by atoms with van der Waals surface area (Å²) in [5.41, 5.74) is 9.65. The molecule has 0 aliphatic heterocycles. The zero-order chi connectivity index (χ0) is 22.7. The first-order chi connectivity index (χ1) is 15.4. The monoisotopic (exact) mass is 453 g/mol. The van der Waals surface area contributed by atoms with Gasteiger partial charge in [0.1, 0.15) is 11.5 Å². The van der Waals surface area contributed by atoms with Crippen molar-refractivity contribution in [3.05, 3.63) is 40.3 Å². The van der Waals surface area contributed by atoms with E-state index in [0.717, 1.165) is 47.8 Å². The van der Waals surface area contributed by atoms with E-state index in [0.29, 0.717) is 17.9 Å². The molecular formula is C23H27N5O3S. The van der Waals surface area contributed by atoms with Crippen LogP contribution in [0.15, 0.2) is 29.1 Å². The van der Waals surface area contributed by atoms with Gasteiger partial charge in [0, 0.05) is 46.9 Å². The van der Waals surface area contributed by atoms with Gasteiger partial charge in [-0.2, -0.15) is 0 Å². The number of H-pyrrole nitrogens is 1. The van der Waals surface area contributed by atoms with Crippen molar-refractivity contribution in [2.24, 2.45) is 11.7 Å². The number of nitrogens with zero attached hydrogens (tertiary/aromatic N) is 2. The molecule has 2 heterocycles. The van der Waals surface area contributed by atoms with Crippen molar-refractivity contribution in [3.63, 3.8) is 0 Å². The third-order valence-electron chi connectivity index (χ3n) is 6.09. The van der Waals surface area contributed by atoms with E-state index in [2.05, 4.69) is 15.3 Å². The van der Waals surface area contributed by atoms with Crippen LogP contribution in [-0.4, -0.2) is 34.7 Å². The second kappa shape index (κ2) is 9.52. The molecule has 0 bridgehead atoms. The predicted octanol–water partition coefficient (Wildman–Crippen LogP) is 3.84. The lowest BCUT2D eigenvalue weighted by Gasteiger charge is -2.26. The fraction of sp³-hybridized carbons (Fsp3) is 0.391. The molecule has 4 N–H and O–H groups in total. The number of aromatic nitrogens is 2. The third kappa shape index (κ3) is 4.67. The van der Waals surface area contributed by atoms with E-state index in [1.54, 1.807) is 22.8 Å². The maximum atomic E-state index is 13.0. The number of aryl methyl sites for hydroxylation is 1. The highest BCUT2D eigenvalue weighted by Crippen LogP contribution is 2.32. The van der Waals surface area contributed by atoms with Gasteiger partial charge in [-0.25, -0.2) is 4.98 Å². The van der Waals surface area contributed by atoms with Crippen molar-refractivity contribution in [1.29, 1.82) is 0 Å². The quantitative estimate of drug-likeness (QED) is 0.503. The van der Waals surface area contributed by atoms with Gasteiger partial charge in [-0.15, -0.1) is 11.3 Å². The van der Waals surface area contributed by atoms with Crippen LogP contribution < -0.4 is 16.0 Å². The molecule has 9 heteroatoms. The van der Waals surface area contributed by atoms with Gasteiger partial charge < -0.3 is 20.9 Å². The van der Waals surface area contributed by atoms with Crippen LogP contribution in [0.5, 0.6) is 0 Å². The molecule has 1 aliphatic rings. The Balaban J connectivity index is 1.63. The van der Waals surface area contributed by atoms with Crippen LogP contribution >= 0.6 is 11.3 Å². The molecule has 0 saturated heterocycles. The third-order valence-corrected chi connectivity index (χ3v) is 6.67. The molecule has 1 aliphatic carbocycles. The number of thiazole rings is 1. The van der Waals surface area contributed by atoms with Gasteiger partial charge in [0.2, 0.25) is 11.8 Å². The van der Waals surface area contributed by atoms with Crippen molar-refractivity contribution in [1.82, 2.24) is 9.97 Å². The summed E-state index contributed by atoms with van der Waals surface area (Å²) in [6, 6.07) is 5.72. The summed E-state index contributed by atoms with van der Waals surface area (Å²) in [4.78, 5) is 45.9. The van der Waals surface area contributed by atoms with Crippen molar-refractivity contribution >= 4 is 51.5 Å². The number of amides is 3. The van der Waals surface area contributed by atoms with Gasteiger partial charge >= 0.3 is 0 Å². The number of hydrogen-bond acceptors (Lipinski definition) is 5. The van der Waals surface area contributed by atoms with E-state index in [9.17, 15) is 14.4 Å². The summed E-state index contributed by atoms with van der Waals surface area (Å²) in [6.45, 7) is 0. The number of nitrogens with two attached hydrogens (primary N) is 1. The van der Waals surface area contributed by atoms with Crippen LogP contribution in [0.3, 0.4) is 0 Å². The number of carbonyl (C=O) groups excluding carboxylic acids is 3. The summed E-state index contributed by atoms with van der Waals surface area (Å²) in [5, 5.41) is 5.41. The highest BCUT2D eigenvalue weighted by atomic mass is 32.1. The van der Waals surface area contributed by atoms with E-state index >= 15 is 0 Å². The Bertz CT molecular complexity index is 1130. The number of rotatable bonds is 7. The first-order valence-corrected chi connectivity index (χ1v) is 11.8. The van der Waals surface area contributed by atoms with Crippen LogP contribution in [0.4, 0.5) is 11.5 Å². The molecule has 0 unspecified atom stereocenters. The van der Waals surface area contributed by atoms with Crippen LogP contribution in [0, 0.1) is 5.92 Å². The number of hydrogen-bond donors (Lipinski definition) is 3. The Labute approximate surface area is 190 Å². The van der Waals surface area contributed by atoms with Crippen molar-refractivity contribution in [2.45, 2.75) is 44.9 Å². The summed E-state index contributed by atoms with van der Waals surface area (Å²) < 4.78 is 0. The van der Waals surface area contributed by atoms with Crippen LogP contribution in [0.25, 0.3) is 10.9 Å². The van der Waals surface area contributed by atoms with Crippen LogP contribution in [0.1, 0.15) is 54.6 Å². The topological polar surface area (TPSA) is 121 Å². The van der Waals surface area contributed by atoms with E-state index in [1.807, 2.05) is 18.2 Å². The smallest absolute Gasteiger partial charge is 0.276 e. The van der Waals surface area contributed by atoms with Gasteiger partial charge in [0.05, 0.1) is 5.51 Å². The molecule has 0 spiro atoms. The lowest BCUT2D eigenvalue weighted by Crippen LogP contribution is -2.33. The standard InChI is InChI=1S/C23H27N5O3S/c1-28(23(31)14-5-3-2-4-6-14)15-7-8-16-17(9-10-20(24)29)21(26-18(16)11-15)27-22(30)19-12-32-13-25-19/h7-8,11-14,26H,2-6,9-10H2,1H3,(H2,24,29)(H,27,30). The van der Waals surface area contributed by atoms with Gasteiger partial charge in [0.15, 0.2) is 0 Å². The summed E-state index contributed by atoms with van der Waals surface area (Å²) in [6.07, 6.45) is 5.84. The first kappa shape index (κ1) is 22.0. The second-order valence-electron chi connectivity index (χ2n) is 8.23. The Morgan fingerprint density at radius 3 is 2.72 bits per heavy atom. The second-order valence-corrected chi connectivity index (χ2v) is 8.95. The van der Waals surface area contributed by atoms with Gasteiger partial charge in [-0.1, -0.05) is 25.3 Å². The fourth-order valence-corrected chi connectivity index (χ4v) is 4.85. The van der Waals surface area contributed by atoms with E-state index in [-0.39, 0.29) is 24.2 Å². The highest BCUT2D eigenvalue weighted by molar-refractivity contribution is 7.07. The molecular weight excluding hydrogens is 426 g/mol. The predicted molar refractivity (Wildman–Crippen MR) is 126 cm³/mol. The van der Waals surface area contributed by atoms with E-state index in [1.165, 1.54) is 17.8 Å². The molecule has 0 radical (unpaired) electrons. The number of primary amides is 1.